The maximum Gasteiger partial charge on any atom is 0.306 e. The van der Waals surface area contributed by atoms with E-state index in [0.29, 0.717) is 19.3 Å². The standard InChI is InChI=1S/C48H91NO5/c1-4-7-10-13-16-19-21-22-23-24-26-29-32-35-38-41-48(53)54-44(39-36-33-30-27-18-15-12-9-6-3)42-47(52)49-45(43-50)46(51)40-37-34-31-28-25-20-17-14-11-8-5-2/h16,19,21-22,44-46,50-51H,4-15,17-18,20,23-43H2,1-3H3,(H,49,52)/b19-16+,22-21+. The van der Waals surface area contributed by atoms with Gasteiger partial charge in [-0.25, -0.2) is 0 Å². The molecule has 0 aromatic carbocycles. The Bertz CT molecular complexity index is 858. The molecule has 3 unspecified atom stereocenters. The van der Waals surface area contributed by atoms with E-state index in [-0.39, 0.29) is 24.9 Å². The van der Waals surface area contributed by atoms with E-state index in [1.54, 1.807) is 0 Å². The summed E-state index contributed by atoms with van der Waals surface area (Å²) in [5, 5.41) is 23.6. The van der Waals surface area contributed by atoms with E-state index in [1.807, 2.05) is 0 Å². The summed E-state index contributed by atoms with van der Waals surface area (Å²) in [6.45, 7) is 6.43. The van der Waals surface area contributed by atoms with Crippen molar-refractivity contribution in [3.05, 3.63) is 24.3 Å². The van der Waals surface area contributed by atoms with E-state index in [4.69, 9.17) is 4.74 Å². The molecule has 1 amide bonds. The number of carbonyl (C=O) groups is 2. The second kappa shape index (κ2) is 42.5. The van der Waals surface area contributed by atoms with Gasteiger partial charge in [-0.15, -0.1) is 0 Å². The average Bonchev–Trinajstić information content (AvgIpc) is 3.16. The largest absolute Gasteiger partial charge is 0.462 e. The lowest BCUT2D eigenvalue weighted by atomic mass is 10.0. The number of carbonyl (C=O) groups excluding carboxylic acids is 2. The molecule has 0 saturated carbocycles. The van der Waals surface area contributed by atoms with Gasteiger partial charge in [-0.2, -0.15) is 0 Å². The van der Waals surface area contributed by atoms with E-state index in [9.17, 15) is 19.8 Å². The molecule has 0 spiro atoms. The Kier molecular flexibility index (Phi) is 41.2. The van der Waals surface area contributed by atoms with Crippen molar-refractivity contribution in [3.63, 3.8) is 0 Å². The van der Waals surface area contributed by atoms with Gasteiger partial charge in [0.05, 0.1) is 25.2 Å². The molecule has 3 atom stereocenters. The molecule has 0 aromatic heterocycles. The Morgan fingerprint density at radius 3 is 1.41 bits per heavy atom. The molecule has 318 valence electrons. The molecule has 0 aliphatic rings. The number of ether oxygens (including phenoxy) is 1. The van der Waals surface area contributed by atoms with Crippen molar-refractivity contribution in [3.8, 4) is 0 Å². The van der Waals surface area contributed by atoms with Gasteiger partial charge in [-0.05, 0) is 51.4 Å². The average molecular weight is 762 g/mol. The predicted octanol–water partition coefficient (Wildman–Crippen LogP) is 13.6. The molecule has 0 aliphatic carbocycles. The summed E-state index contributed by atoms with van der Waals surface area (Å²) >= 11 is 0. The van der Waals surface area contributed by atoms with Gasteiger partial charge >= 0.3 is 5.97 Å². The second-order valence-electron chi connectivity index (χ2n) is 16.2. The Hall–Kier alpha value is -1.66. The van der Waals surface area contributed by atoms with Gasteiger partial charge in [0.25, 0.3) is 0 Å². The predicted molar refractivity (Wildman–Crippen MR) is 232 cm³/mol. The fourth-order valence-corrected chi connectivity index (χ4v) is 7.19. The smallest absolute Gasteiger partial charge is 0.306 e. The maximum atomic E-state index is 13.1. The first kappa shape index (κ1) is 52.3. The van der Waals surface area contributed by atoms with Crippen molar-refractivity contribution in [1.82, 2.24) is 5.32 Å². The maximum absolute atomic E-state index is 13.1. The van der Waals surface area contributed by atoms with Crippen LogP contribution in [0.15, 0.2) is 24.3 Å². The lowest BCUT2D eigenvalue weighted by Crippen LogP contribution is -2.46. The molecule has 0 fully saturated rings. The number of unbranched alkanes of at least 4 members (excludes halogenated alkanes) is 27. The third-order valence-corrected chi connectivity index (χ3v) is 10.8. The summed E-state index contributed by atoms with van der Waals surface area (Å²) in [6, 6.07) is -0.696. The fraction of sp³-hybridized carbons (Fsp3) is 0.875. The third kappa shape index (κ3) is 37.3. The molecule has 0 rings (SSSR count). The SMILES string of the molecule is CCCCC/C=C/C=C/CCCCCCCCC(=O)OC(CCCCCCCCCCC)CC(=O)NC(CO)C(O)CCCCCCCCCCCCC. The number of hydrogen-bond donors (Lipinski definition) is 3. The van der Waals surface area contributed by atoms with Crippen molar-refractivity contribution in [1.29, 1.82) is 0 Å². The summed E-state index contributed by atoms with van der Waals surface area (Å²) in [4.78, 5) is 26.0. The topological polar surface area (TPSA) is 95.9 Å². The highest BCUT2D eigenvalue weighted by atomic mass is 16.5. The van der Waals surface area contributed by atoms with Crippen LogP contribution in [0.5, 0.6) is 0 Å². The lowest BCUT2D eigenvalue weighted by Gasteiger charge is -2.24. The third-order valence-electron chi connectivity index (χ3n) is 10.8. The van der Waals surface area contributed by atoms with Gasteiger partial charge in [-0.1, -0.05) is 206 Å². The number of amides is 1. The minimum absolute atomic E-state index is 0.0769. The Morgan fingerprint density at radius 2 is 0.926 bits per heavy atom. The van der Waals surface area contributed by atoms with E-state index < -0.39 is 18.2 Å². The molecular formula is C48H91NO5. The first-order valence-electron chi connectivity index (χ1n) is 23.6. The normalized spacial score (nSPS) is 13.5. The summed E-state index contributed by atoms with van der Waals surface area (Å²) in [5.74, 6) is -0.481. The van der Waals surface area contributed by atoms with Gasteiger partial charge < -0.3 is 20.3 Å². The van der Waals surface area contributed by atoms with Crippen LogP contribution in [0.25, 0.3) is 0 Å². The summed E-state index contributed by atoms with van der Waals surface area (Å²) in [7, 11) is 0. The lowest BCUT2D eigenvalue weighted by molar-refractivity contribution is -0.151. The first-order chi connectivity index (χ1) is 26.5. The zero-order valence-electron chi connectivity index (χ0n) is 36.1. The van der Waals surface area contributed by atoms with Crippen LogP contribution < -0.4 is 5.32 Å². The van der Waals surface area contributed by atoms with Crippen LogP contribution in [0.3, 0.4) is 0 Å². The zero-order valence-corrected chi connectivity index (χ0v) is 36.1. The van der Waals surface area contributed by atoms with Crippen LogP contribution in [0.1, 0.15) is 245 Å². The van der Waals surface area contributed by atoms with E-state index in [2.05, 4.69) is 50.4 Å². The summed E-state index contributed by atoms with van der Waals surface area (Å²) in [6.07, 6.45) is 46.6. The Morgan fingerprint density at radius 1 is 0.537 bits per heavy atom. The van der Waals surface area contributed by atoms with E-state index in [0.717, 1.165) is 51.4 Å². The second-order valence-corrected chi connectivity index (χ2v) is 16.2. The summed E-state index contributed by atoms with van der Waals surface area (Å²) < 4.78 is 5.89. The van der Waals surface area contributed by atoms with Crippen LogP contribution in [0, 0.1) is 0 Å². The van der Waals surface area contributed by atoms with Crippen molar-refractivity contribution < 1.29 is 24.5 Å². The number of rotatable bonds is 42. The molecule has 6 heteroatoms. The molecule has 54 heavy (non-hydrogen) atoms. The molecule has 0 radical (unpaired) electrons. The fourth-order valence-electron chi connectivity index (χ4n) is 7.19. The molecule has 0 bridgehead atoms. The van der Waals surface area contributed by atoms with Crippen LogP contribution in [0.4, 0.5) is 0 Å². The van der Waals surface area contributed by atoms with Gasteiger partial charge in [0.15, 0.2) is 0 Å². The Balaban J connectivity index is 4.51. The number of allylic oxidation sites excluding steroid dienone is 4. The highest BCUT2D eigenvalue weighted by molar-refractivity contribution is 5.77. The number of aliphatic hydroxyl groups is 2. The Labute approximate surface area is 335 Å². The number of hydrogen-bond acceptors (Lipinski definition) is 5. The van der Waals surface area contributed by atoms with Crippen LogP contribution in [-0.2, 0) is 14.3 Å². The highest BCUT2D eigenvalue weighted by Gasteiger charge is 2.24. The van der Waals surface area contributed by atoms with Crippen molar-refractivity contribution in [2.24, 2.45) is 0 Å². The van der Waals surface area contributed by atoms with Gasteiger partial charge in [0.1, 0.15) is 6.10 Å². The minimum Gasteiger partial charge on any atom is -0.462 e. The molecule has 0 aromatic rings. The van der Waals surface area contributed by atoms with Gasteiger partial charge in [0.2, 0.25) is 5.91 Å². The molecule has 6 nitrogen and oxygen atoms in total. The molecular weight excluding hydrogens is 671 g/mol. The van der Waals surface area contributed by atoms with Crippen LogP contribution in [0.2, 0.25) is 0 Å². The molecule has 3 N–H and O–H groups in total. The number of nitrogens with one attached hydrogen (secondary N) is 1. The van der Waals surface area contributed by atoms with Crippen LogP contribution >= 0.6 is 0 Å². The van der Waals surface area contributed by atoms with Gasteiger partial charge in [-0.3, -0.25) is 9.59 Å². The highest BCUT2D eigenvalue weighted by Crippen LogP contribution is 2.18. The monoisotopic (exact) mass is 762 g/mol. The first-order valence-corrected chi connectivity index (χ1v) is 23.6. The van der Waals surface area contributed by atoms with Crippen molar-refractivity contribution in [2.75, 3.05) is 6.61 Å². The van der Waals surface area contributed by atoms with Gasteiger partial charge in [0, 0.05) is 6.42 Å². The molecule has 0 saturated heterocycles. The minimum atomic E-state index is -0.783. The van der Waals surface area contributed by atoms with Crippen LogP contribution in [-0.4, -0.2) is 46.9 Å². The quantitative estimate of drug-likeness (QED) is 0.0327. The zero-order chi connectivity index (χ0) is 39.6. The van der Waals surface area contributed by atoms with E-state index >= 15 is 0 Å². The number of aliphatic hydroxyl groups excluding tert-OH is 2. The summed E-state index contributed by atoms with van der Waals surface area (Å²) in [5.41, 5.74) is 0. The van der Waals surface area contributed by atoms with Crippen molar-refractivity contribution >= 4 is 11.9 Å². The van der Waals surface area contributed by atoms with Crippen molar-refractivity contribution in [2.45, 2.75) is 264 Å². The molecule has 0 aliphatic heterocycles. The number of esters is 1. The molecule has 0 heterocycles. The van der Waals surface area contributed by atoms with E-state index in [1.165, 1.54) is 148 Å².